The van der Waals surface area contributed by atoms with Crippen molar-refractivity contribution >= 4 is 17.3 Å². The third-order valence-corrected chi connectivity index (χ3v) is 4.57. The molecule has 116 valence electrons. The summed E-state index contributed by atoms with van der Waals surface area (Å²) in [6.45, 7) is 0.501. The Morgan fingerprint density at radius 3 is 2.39 bits per heavy atom. The van der Waals surface area contributed by atoms with Crippen LogP contribution in [0.4, 0.5) is 0 Å². The maximum atomic E-state index is 12.1. The Labute approximate surface area is 138 Å². The van der Waals surface area contributed by atoms with Gasteiger partial charge < -0.3 is 10.5 Å². The van der Waals surface area contributed by atoms with E-state index in [1.54, 1.807) is 0 Å². The van der Waals surface area contributed by atoms with E-state index in [0.29, 0.717) is 17.1 Å². The molecule has 0 saturated carbocycles. The monoisotopic (exact) mass is 324 g/mol. The number of nitrogens with two attached hydrogens (primary N) is 1. The third-order valence-electron chi connectivity index (χ3n) is 3.48. The maximum Gasteiger partial charge on any atom is 0.350 e. The lowest BCUT2D eigenvalue weighted by Gasteiger charge is -2.00. The summed E-state index contributed by atoms with van der Waals surface area (Å²) >= 11 is 1.34. The molecule has 0 bridgehead atoms. The molecule has 23 heavy (non-hydrogen) atoms. The summed E-state index contributed by atoms with van der Waals surface area (Å²) in [6, 6.07) is 17.5. The van der Waals surface area contributed by atoms with Crippen molar-refractivity contribution in [2.75, 3.05) is 7.11 Å². The third kappa shape index (κ3) is 3.16. The van der Waals surface area contributed by atoms with Crippen molar-refractivity contribution in [3.8, 4) is 21.8 Å². The number of ether oxygens (including phenoxy) is 1. The standard InChI is InChI=1S/C18H16N2O2S/c1-22-18(21)16-15(13-5-3-2-4-6-13)20-17(23-16)14-9-7-12(11-19)8-10-14/h2-10H,11,19H2,1H3. The minimum Gasteiger partial charge on any atom is -0.465 e. The van der Waals surface area contributed by atoms with Crippen molar-refractivity contribution in [3.05, 3.63) is 65.0 Å². The van der Waals surface area contributed by atoms with E-state index in [0.717, 1.165) is 21.7 Å². The van der Waals surface area contributed by atoms with E-state index in [9.17, 15) is 4.79 Å². The van der Waals surface area contributed by atoms with Gasteiger partial charge in [-0.05, 0) is 5.56 Å². The molecule has 2 aromatic carbocycles. The average Bonchev–Trinajstić information content (AvgIpc) is 3.07. The molecule has 0 radical (unpaired) electrons. The predicted octanol–water partition coefficient (Wildman–Crippen LogP) is 3.72. The number of thiazole rings is 1. The summed E-state index contributed by atoms with van der Waals surface area (Å²) in [5, 5.41) is 0.785. The predicted molar refractivity (Wildman–Crippen MR) is 92.2 cm³/mol. The number of benzene rings is 2. The molecular weight excluding hydrogens is 308 g/mol. The molecule has 0 aliphatic rings. The van der Waals surface area contributed by atoms with Crippen LogP contribution in [0.25, 0.3) is 21.8 Å². The molecule has 0 saturated heterocycles. The van der Waals surface area contributed by atoms with Gasteiger partial charge in [-0.3, -0.25) is 0 Å². The highest BCUT2D eigenvalue weighted by atomic mass is 32.1. The van der Waals surface area contributed by atoms with Crippen LogP contribution in [0.1, 0.15) is 15.2 Å². The highest BCUT2D eigenvalue weighted by Gasteiger charge is 2.20. The summed E-state index contributed by atoms with van der Waals surface area (Å²) in [4.78, 5) is 17.3. The summed E-state index contributed by atoms with van der Waals surface area (Å²) in [5.41, 5.74) is 9.19. The fraction of sp³-hybridized carbons (Fsp3) is 0.111. The van der Waals surface area contributed by atoms with Crippen molar-refractivity contribution in [2.45, 2.75) is 6.54 Å². The number of nitrogens with zero attached hydrogens (tertiary/aromatic N) is 1. The molecule has 4 nitrogen and oxygen atoms in total. The van der Waals surface area contributed by atoms with Crippen molar-refractivity contribution in [1.29, 1.82) is 0 Å². The summed E-state index contributed by atoms with van der Waals surface area (Å²) < 4.78 is 4.90. The normalized spacial score (nSPS) is 10.5. The molecule has 0 spiro atoms. The van der Waals surface area contributed by atoms with E-state index in [4.69, 9.17) is 10.5 Å². The number of hydrogen-bond donors (Lipinski definition) is 1. The molecule has 2 N–H and O–H groups in total. The first-order valence-electron chi connectivity index (χ1n) is 7.17. The van der Waals surface area contributed by atoms with Gasteiger partial charge >= 0.3 is 5.97 Å². The average molecular weight is 324 g/mol. The topological polar surface area (TPSA) is 65.2 Å². The summed E-state index contributed by atoms with van der Waals surface area (Å²) in [7, 11) is 1.38. The Morgan fingerprint density at radius 1 is 1.09 bits per heavy atom. The van der Waals surface area contributed by atoms with Gasteiger partial charge in [0.2, 0.25) is 0 Å². The Balaban J connectivity index is 2.09. The first kappa shape index (κ1) is 15.4. The lowest BCUT2D eigenvalue weighted by atomic mass is 10.1. The number of aromatic nitrogens is 1. The summed E-state index contributed by atoms with van der Waals surface area (Å²) in [6.07, 6.45) is 0. The molecule has 0 unspecified atom stereocenters. The molecule has 5 heteroatoms. The number of hydrogen-bond acceptors (Lipinski definition) is 5. The van der Waals surface area contributed by atoms with Crippen molar-refractivity contribution in [1.82, 2.24) is 4.98 Å². The van der Waals surface area contributed by atoms with Crippen LogP contribution in [0, 0.1) is 0 Å². The van der Waals surface area contributed by atoms with E-state index in [-0.39, 0.29) is 5.97 Å². The fourth-order valence-electron chi connectivity index (χ4n) is 2.25. The largest absolute Gasteiger partial charge is 0.465 e. The van der Waals surface area contributed by atoms with Gasteiger partial charge in [0.1, 0.15) is 9.88 Å². The van der Waals surface area contributed by atoms with Crippen LogP contribution in [0.15, 0.2) is 54.6 Å². The number of methoxy groups -OCH3 is 1. The lowest BCUT2D eigenvalue weighted by molar-refractivity contribution is 0.0607. The van der Waals surface area contributed by atoms with Crippen LogP contribution < -0.4 is 5.73 Å². The first-order valence-corrected chi connectivity index (χ1v) is 7.98. The second-order valence-corrected chi connectivity index (χ2v) is 5.95. The second kappa shape index (κ2) is 6.73. The Bertz CT molecular complexity index is 811. The molecule has 0 fully saturated rings. The molecular formula is C18H16N2O2S. The Morgan fingerprint density at radius 2 is 1.78 bits per heavy atom. The van der Waals surface area contributed by atoms with Crippen LogP contribution in [-0.4, -0.2) is 18.1 Å². The van der Waals surface area contributed by atoms with Crippen LogP contribution in [0.3, 0.4) is 0 Å². The van der Waals surface area contributed by atoms with Gasteiger partial charge in [0.05, 0.1) is 12.8 Å². The van der Waals surface area contributed by atoms with E-state index >= 15 is 0 Å². The quantitative estimate of drug-likeness (QED) is 0.743. The molecule has 1 aromatic heterocycles. The van der Waals surface area contributed by atoms with Gasteiger partial charge in [0, 0.05) is 17.7 Å². The highest BCUT2D eigenvalue weighted by molar-refractivity contribution is 7.17. The number of esters is 1. The van der Waals surface area contributed by atoms with Crippen molar-refractivity contribution in [3.63, 3.8) is 0 Å². The van der Waals surface area contributed by atoms with E-state index in [1.165, 1.54) is 18.4 Å². The minimum atomic E-state index is -0.369. The Kier molecular flexibility index (Phi) is 4.50. The van der Waals surface area contributed by atoms with Gasteiger partial charge in [-0.15, -0.1) is 11.3 Å². The van der Waals surface area contributed by atoms with Crippen LogP contribution in [0.5, 0.6) is 0 Å². The SMILES string of the molecule is COC(=O)c1sc(-c2ccc(CN)cc2)nc1-c1ccccc1. The van der Waals surface area contributed by atoms with Crippen molar-refractivity contribution < 1.29 is 9.53 Å². The zero-order chi connectivity index (χ0) is 16.2. The van der Waals surface area contributed by atoms with Gasteiger partial charge in [-0.25, -0.2) is 9.78 Å². The van der Waals surface area contributed by atoms with Gasteiger partial charge in [0.15, 0.2) is 0 Å². The molecule has 0 aliphatic heterocycles. The van der Waals surface area contributed by atoms with Gasteiger partial charge in [-0.2, -0.15) is 0 Å². The van der Waals surface area contributed by atoms with E-state index < -0.39 is 0 Å². The molecule has 1 heterocycles. The van der Waals surface area contributed by atoms with Crippen molar-refractivity contribution in [2.24, 2.45) is 5.73 Å². The molecule has 3 rings (SSSR count). The smallest absolute Gasteiger partial charge is 0.350 e. The summed E-state index contributed by atoms with van der Waals surface area (Å²) in [5.74, 6) is -0.369. The first-order chi connectivity index (χ1) is 11.2. The maximum absolute atomic E-state index is 12.1. The second-order valence-electron chi connectivity index (χ2n) is 4.96. The van der Waals surface area contributed by atoms with E-state index in [2.05, 4.69) is 4.98 Å². The van der Waals surface area contributed by atoms with E-state index in [1.807, 2.05) is 54.6 Å². The zero-order valence-electron chi connectivity index (χ0n) is 12.7. The highest BCUT2D eigenvalue weighted by Crippen LogP contribution is 2.34. The van der Waals surface area contributed by atoms with Gasteiger partial charge in [-0.1, -0.05) is 54.6 Å². The molecule has 0 amide bonds. The zero-order valence-corrected chi connectivity index (χ0v) is 13.5. The lowest BCUT2D eigenvalue weighted by Crippen LogP contribution is -2.00. The number of carbonyl (C=O) groups is 1. The number of rotatable bonds is 4. The minimum absolute atomic E-state index is 0.369. The van der Waals surface area contributed by atoms with Gasteiger partial charge in [0.25, 0.3) is 0 Å². The van der Waals surface area contributed by atoms with Crippen LogP contribution in [-0.2, 0) is 11.3 Å². The number of carbonyl (C=O) groups excluding carboxylic acids is 1. The van der Waals surface area contributed by atoms with Crippen LogP contribution >= 0.6 is 11.3 Å². The molecule has 0 aliphatic carbocycles. The van der Waals surface area contributed by atoms with Crippen LogP contribution in [0.2, 0.25) is 0 Å². The molecule has 0 atom stereocenters. The molecule has 3 aromatic rings. The fourth-order valence-corrected chi connectivity index (χ4v) is 3.26. The Hall–Kier alpha value is -2.50.